The molecule has 0 unspecified atom stereocenters. The van der Waals surface area contributed by atoms with Crippen molar-refractivity contribution in [2.75, 3.05) is 6.61 Å². The Kier molecular flexibility index (Phi) is 3.94. The Hall–Kier alpha value is -1.33. The number of carbonyl (C=O) groups excluding carboxylic acids is 1. The molecule has 0 aromatic carbocycles. The molecular weight excluding hydrogens is 154 g/mol. The molecule has 6 heteroatoms. The second-order valence-electron chi connectivity index (χ2n) is 1.72. The number of hydrogen-bond acceptors (Lipinski definition) is 5. The van der Waals surface area contributed by atoms with Gasteiger partial charge in [-0.1, -0.05) is 0 Å². The SMILES string of the molecule is CCOC(=O)[C@H](C)O[N+](=O)[O-]. The Balaban J connectivity index is 3.73. The van der Waals surface area contributed by atoms with Crippen molar-refractivity contribution in [1.29, 1.82) is 0 Å². The van der Waals surface area contributed by atoms with E-state index >= 15 is 0 Å². The number of rotatable bonds is 4. The van der Waals surface area contributed by atoms with Crippen LogP contribution in [-0.4, -0.2) is 23.8 Å². The Labute approximate surface area is 63.2 Å². The van der Waals surface area contributed by atoms with Crippen LogP contribution in [0.15, 0.2) is 0 Å². The zero-order valence-electron chi connectivity index (χ0n) is 6.27. The van der Waals surface area contributed by atoms with Gasteiger partial charge in [-0.25, -0.2) is 4.79 Å². The molecule has 0 aliphatic rings. The summed E-state index contributed by atoms with van der Waals surface area (Å²) in [5.41, 5.74) is 0. The maximum Gasteiger partial charge on any atom is 0.334 e. The van der Waals surface area contributed by atoms with Crippen LogP contribution in [0, 0.1) is 10.1 Å². The van der Waals surface area contributed by atoms with Crippen molar-refractivity contribution >= 4 is 5.97 Å². The normalized spacial score (nSPS) is 11.8. The van der Waals surface area contributed by atoms with Crippen molar-refractivity contribution < 1.29 is 19.5 Å². The fourth-order valence-corrected chi connectivity index (χ4v) is 0.432. The summed E-state index contributed by atoms with van der Waals surface area (Å²) in [7, 11) is 0. The number of hydrogen-bond donors (Lipinski definition) is 0. The highest BCUT2D eigenvalue weighted by molar-refractivity contribution is 5.73. The van der Waals surface area contributed by atoms with E-state index in [9.17, 15) is 14.9 Å². The average Bonchev–Trinajstić information content (AvgIpc) is 1.86. The summed E-state index contributed by atoms with van der Waals surface area (Å²) >= 11 is 0. The second kappa shape index (κ2) is 4.48. The molecule has 0 spiro atoms. The summed E-state index contributed by atoms with van der Waals surface area (Å²) in [6.45, 7) is 3.04. The highest BCUT2D eigenvalue weighted by Gasteiger charge is 2.17. The van der Waals surface area contributed by atoms with Gasteiger partial charge in [-0.2, -0.15) is 0 Å². The second-order valence-corrected chi connectivity index (χ2v) is 1.72. The average molecular weight is 163 g/mol. The largest absolute Gasteiger partial charge is 0.464 e. The quantitative estimate of drug-likeness (QED) is 0.334. The van der Waals surface area contributed by atoms with Gasteiger partial charge in [-0.05, 0) is 13.8 Å². The monoisotopic (exact) mass is 163 g/mol. The number of nitrogens with zero attached hydrogens (tertiary/aromatic N) is 1. The van der Waals surface area contributed by atoms with E-state index in [4.69, 9.17) is 0 Å². The molecule has 0 rings (SSSR count). The molecule has 11 heavy (non-hydrogen) atoms. The molecule has 64 valence electrons. The first kappa shape index (κ1) is 9.67. The highest BCUT2D eigenvalue weighted by Crippen LogP contribution is 1.93. The van der Waals surface area contributed by atoms with E-state index < -0.39 is 17.2 Å². The van der Waals surface area contributed by atoms with E-state index in [-0.39, 0.29) is 6.61 Å². The van der Waals surface area contributed by atoms with Gasteiger partial charge in [0, 0.05) is 0 Å². The molecule has 0 aromatic rings. The van der Waals surface area contributed by atoms with Gasteiger partial charge in [-0.15, -0.1) is 10.1 Å². The highest BCUT2D eigenvalue weighted by atomic mass is 17.0. The smallest absolute Gasteiger partial charge is 0.334 e. The van der Waals surface area contributed by atoms with E-state index in [0.717, 1.165) is 0 Å². The van der Waals surface area contributed by atoms with Gasteiger partial charge in [0.25, 0.3) is 5.09 Å². The van der Waals surface area contributed by atoms with Crippen molar-refractivity contribution in [2.24, 2.45) is 0 Å². The van der Waals surface area contributed by atoms with E-state index in [1.165, 1.54) is 6.92 Å². The fourth-order valence-electron chi connectivity index (χ4n) is 0.432. The summed E-state index contributed by atoms with van der Waals surface area (Å²) in [5.74, 6) is -0.732. The first-order chi connectivity index (χ1) is 5.07. The summed E-state index contributed by atoms with van der Waals surface area (Å²) in [6.07, 6.45) is -1.15. The molecule has 0 aromatic heterocycles. The first-order valence-electron chi connectivity index (χ1n) is 3.05. The van der Waals surface area contributed by atoms with Gasteiger partial charge in [0.1, 0.15) is 0 Å². The molecule has 1 atom stereocenters. The van der Waals surface area contributed by atoms with Gasteiger partial charge in [-0.3, -0.25) is 4.84 Å². The molecular formula is C5H9NO5. The zero-order chi connectivity index (χ0) is 8.85. The maximum atomic E-state index is 10.6. The van der Waals surface area contributed by atoms with E-state index in [2.05, 4.69) is 9.57 Å². The molecule has 0 fully saturated rings. The third-order valence-corrected chi connectivity index (χ3v) is 0.863. The molecule has 0 bridgehead atoms. The predicted molar refractivity (Wildman–Crippen MR) is 34.2 cm³/mol. The van der Waals surface area contributed by atoms with E-state index in [1.807, 2.05) is 0 Å². The fraction of sp³-hybridized carbons (Fsp3) is 0.800. The van der Waals surface area contributed by atoms with Crippen LogP contribution in [-0.2, 0) is 14.4 Å². The minimum atomic E-state index is -1.15. The third kappa shape index (κ3) is 4.12. The Morgan fingerprint density at radius 1 is 1.73 bits per heavy atom. The minimum Gasteiger partial charge on any atom is -0.464 e. The summed E-state index contributed by atoms with van der Waals surface area (Å²) in [6, 6.07) is 0. The third-order valence-electron chi connectivity index (χ3n) is 0.863. The minimum absolute atomic E-state index is 0.185. The Bertz CT molecular complexity index is 157. The molecule has 0 heterocycles. The molecule has 6 nitrogen and oxygen atoms in total. The molecule has 0 N–H and O–H groups in total. The van der Waals surface area contributed by atoms with Crippen LogP contribution < -0.4 is 0 Å². The zero-order valence-corrected chi connectivity index (χ0v) is 6.27. The molecule has 0 aliphatic carbocycles. The van der Waals surface area contributed by atoms with Crippen molar-refractivity contribution in [2.45, 2.75) is 20.0 Å². The van der Waals surface area contributed by atoms with Crippen LogP contribution >= 0.6 is 0 Å². The van der Waals surface area contributed by atoms with Gasteiger partial charge in [0.15, 0.2) is 0 Å². The Morgan fingerprint density at radius 3 is 2.64 bits per heavy atom. The summed E-state index contributed by atoms with van der Waals surface area (Å²) in [4.78, 5) is 24.2. The van der Waals surface area contributed by atoms with Crippen LogP contribution in [0.4, 0.5) is 0 Å². The van der Waals surface area contributed by atoms with Gasteiger partial charge in [0.2, 0.25) is 6.10 Å². The van der Waals surface area contributed by atoms with Gasteiger partial charge < -0.3 is 4.74 Å². The van der Waals surface area contributed by atoms with Crippen LogP contribution in [0.3, 0.4) is 0 Å². The molecule has 0 saturated carbocycles. The van der Waals surface area contributed by atoms with Crippen molar-refractivity contribution in [3.8, 4) is 0 Å². The van der Waals surface area contributed by atoms with E-state index in [0.29, 0.717) is 0 Å². The lowest BCUT2D eigenvalue weighted by Gasteiger charge is -2.06. The summed E-state index contributed by atoms with van der Waals surface area (Å²) in [5, 5.41) is 8.67. The Morgan fingerprint density at radius 2 is 2.27 bits per heavy atom. The van der Waals surface area contributed by atoms with E-state index in [1.54, 1.807) is 6.92 Å². The van der Waals surface area contributed by atoms with Crippen LogP contribution in [0.1, 0.15) is 13.8 Å². The standard InChI is InChI=1S/C5H9NO5/c1-3-10-5(7)4(2)11-6(8)9/h4H,3H2,1-2H3/t4-/m0/s1. The molecule has 0 saturated heterocycles. The van der Waals surface area contributed by atoms with Gasteiger partial charge >= 0.3 is 5.97 Å². The lowest BCUT2D eigenvalue weighted by Crippen LogP contribution is -2.25. The van der Waals surface area contributed by atoms with Crippen molar-refractivity contribution in [3.63, 3.8) is 0 Å². The van der Waals surface area contributed by atoms with Crippen LogP contribution in [0.2, 0.25) is 0 Å². The molecule has 0 amide bonds. The lowest BCUT2D eigenvalue weighted by atomic mass is 10.4. The number of esters is 1. The van der Waals surface area contributed by atoms with Crippen LogP contribution in [0.25, 0.3) is 0 Å². The summed E-state index contributed by atoms with van der Waals surface area (Å²) < 4.78 is 4.44. The first-order valence-corrected chi connectivity index (χ1v) is 3.05. The predicted octanol–water partition coefficient (Wildman–Crippen LogP) is 0.146. The van der Waals surface area contributed by atoms with Crippen LogP contribution in [0.5, 0.6) is 0 Å². The molecule has 0 radical (unpaired) electrons. The maximum absolute atomic E-state index is 10.6. The van der Waals surface area contributed by atoms with Crippen molar-refractivity contribution in [3.05, 3.63) is 10.1 Å². The van der Waals surface area contributed by atoms with Gasteiger partial charge in [0.05, 0.1) is 6.61 Å². The number of carbonyl (C=O) groups is 1. The van der Waals surface area contributed by atoms with Crippen molar-refractivity contribution in [1.82, 2.24) is 0 Å². The molecule has 0 aliphatic heterocycles. The number of ether oxygens (including phenoxy) is 1. The lowest BCUT2D eigenvalue weighted by molar-refractivity contribution is -0.764. The topological polar surface area (TPSA) is 78.7 Å².